The number of fused-ring (bicyclic) bond motifs is 1. The molecule has 7 nitrogen and oxygen atoms in total. The van der Waals surface area contributed by atoms with Crippen molar-refractivity contribution in [1.29, 1.82) is 0 Å². The molecule has 0 saturated heterocycles. The van der Waals surface area contributed by atoms with E-state index in [0.29, 0.717) is 23.7 Å². The number of nitrogens with zero attached hydrogens (tertiary/aromatic N) is 2. The number of nitrogens with one attached hydrogen (secondary N) is 1. The number of carbonyl (C=O) groups is 1. The van der Waals surface area contributed by atoms with Gasteiger partial charge in [0, 0.05) is 12.7 Å². The summed E-state index contributed by atoms with van der Waals surface area (Å²) in [6, 6.07) is 9.59. The molecule has 1 unspecified atom stereocenters. The highest BCUT2D eigenvalue weighted by Crippen LogP contribution is 2.34. The number of rotatable bonds is 6. The van der Waals surface area contributed by atoms with Gasteiger partial charge in [-0.25, -0.2) is 4.39 Å². The lowest BCUT2D eigenvalue weighted by molar-refractivity contribution is 0.0932. The molecule has 29 heavy (non-hydrogen) atoms. The lowest BCUT2D eigenvalue weighted by Crippen LogP contribution is -2.28. The highest BCUT2D eigenvalue weighted by Gasteiger charge is 2.26. The second-order valence-corrected chi connectivity index (χ2v) is 6.90. The quantitative estimate of drug-likeness (QED) is 0.664. The van der Waals surface area contributed by atoms with E-state index in [9.17, 15) is 14.3 Å². The highest BCUT2D eigenvalue weighted by atomic mass is 19.1. The summed E-state index contributed by atoms with van der Waals surface area (Å²) in [5.74, 6) is -0.227. The molecule has 0 radical (unpaired) electrons. The molecule has 1 heterocycles. The van der Waals surface area contributed by atoms with Gasteiger partial charge in [0.1, 0.15) is 12.4 Å². The highest BCUT2D eigenvalue weighted by molar-refractivity contribution is 5.95. The Morgan fingerprint density at radius 2 is 2.21 bits per heavy atom. The monoisotopic (exact) mass is 397 g/mol. The number of hydrogen-bond acceptors (Lipinski definition) is 6. The van der Waals surface area contributed by atoms with Crippen LogP contribution < -0.4 is 5.32 Å². The van der Waals surface area contributed by atoms with E-state index in [-0.39, 0.29) is 24.8 Å². The van der Waals surface area contributed by atoms with Crippen LogP contribution in [0.5, 0.6) is 0 Å². The number of aromatic nitrogens is 2. The first kappa shape index (κ1) is 19.2. The van der Waals surface area contributed by atoms with Crippen molar-refractivity contribution in [3.63, 3.8) is 0 Å². The molecule has 0 saturated carbocycles. The molecule has 1 amide bonds. The zero-order valence-electron chi connectivity index (χ0n) is 15.8. The Labute approximate surface area is 166 Å². The maximum absolute atomic E-state index is 14.0. The summed E-state index contributed by atoms with van der Waals surface area (Å²) in [5.41, 5.74) is 3.31. The van der Waals surface area contributed by atoms with Crippen LogP contribution in [0.2, 0.25) is 0 Å². The summed E-state index contributed by atoms with van der Waals surface area (Å²) in [6.07, 6.45) is 1.49. The van der Waals surface area contributed by atoms with E-state index < -0.39 is 11.7 Å². The van der Waals surface area contributed by atoms with Gasteiger partial charge < -0.3 is 19.7 Å². The van der Waals surface area contributed by atoms with Crippen LogP contribution >= 0.6 is 0 Å². The minimum Gasteiger partial charge on any atom is -0.392 e. The van der Waals surface area contributed by atoms with Crippen LogP contribution in [0.3, 0.4) is 0 Å². The molecular formula is C21H20FN3O4. The van der Waals surface area contributed by atoms with E-state index in [4.69, 9.17) is 9.26 Å². The first-order valence-corrected chi connectivity index (χ1v) is 9.24. The van der Waals surface area contributed by atoms with Crippen LogP contribution in [0.25, 0.3) is 11.4 Å². The zero-order chi connectivity index (χ0) is 20.4. The summed E-state index contributed by atoms with van der Waals surface area (Å²) >= 11 is 0. The second kappa shape index (κ2) is 8.10. The molecule has 1 atom stereocenters. The number of methoxy groups -OCH3 is 1. The van der Waals surface area contributed by atoms with E-state index >= 15 is 0 Å². The summed E-state index contributed by atoms with van der Waals surface area (Å²) in [6.45, 7) is -0.00212. The summed E-state index contributed by atoms with van der Waals surface area (Å²) in [7, 11) is 1.56. The number of benzene rings is 2. The maximum Gasteiger partial charge on any atom is 0.254 e. The number of halogens is 1. The Balaban J connectivity index is 1.52. The molecule has 1 aromatic heterocycles. The van der Waals surface area contributed by atoms with Crippen molar-refractivity contribution in [2.24, 2.45) is 0 Å². The number of amides is 1. The Bertz CT molecular complexity index is 1050. The largest absolute Gasteiger partial charge is 0.392 e. The fraction of sp³-hybridized carbons (Fsp3) is 0.286. The number of carbonyl (C=O) groups excluding carboxylic acids is 1. The van der Waals surface area contributed by atoms with Crippen LogP contribution in [0.1, 0.15) is 45.4 Å². The minimum absolute atomic E-state index is 0.0703. The second-order valence-electron chi connectivity index (χ2n) is 6.90. The Morgan fingerprint density at radius 3 is 3.00 bits per heavy atom. The molecular weight excluding hydrogens is 377 g/mol. The number of aliphatic hydroxyl groups excluding tert-OH is 1. The lowest BCUT2D eigenvalue weighted by Gasteiger charge is -2.15. The van der Waals surface area contributed by atoms with Crippen molar-refractivity contribution < 1.29 is 23.6 Å². The van der Waals surface area contributed by atoms with Crippen molar-refractivity contribution in [3.05, 3.63) is 70.4 Å². The van der Waals surface area contributed by atoms with Crippen molar-refractivity contribution in [3.8, 4) is 11.4 Å². The standard InChI is InChI=1S/C21H20FN3O4/c1-28-11-19-24-20(25-29-19)14-3-5-15-13(9-14)4-7-18(15)23-21(27)16-8-12(10-26)2-6-17(16)22/h2-3,5-6,8-9,18,26H,4,7,10-11H2,1H3,(H,23,27). The molecule has 4 rings (SSSR count). The van der Waals surface area contributed by atoms with Gasteiger partial charge in [0.05, 0.1) is 18.2 Å². The number of ether oxygens (including phenoxy) is 1. The third-order valence-electron chi connectivity index (χ3n) is 4.98. The number of aryl methyl sites for hydroxylation is 1. The smallest absolute Gasteiger partial charge is 0.254 e. The Hall–Kier alpha value is -3.10. The van der Waals surface area contributed by atoms with E-state index in [1.807, 2.05) is 18.2 Å². The third-order valence-corrected chi connectivity index (χ3v) is 4.98. The van der Waals surface area contributed by atoms with E-state index in [1.165, 1.54) is 18.2 Å². The molecule has 8 heteroatoms. The Kier molecular flexibility index (Phi) is 5.37. The van der Waals surface area contributed by atoms with Gasteiger partial charge in [0.2, 0.25) is 5.82 Å². The van der Waals surface area contributed by atoms with Crippen molar-refractivity contribution in [2.75, 3.05) is 7.11 Å². The van der Waals surface area contributed by atoms with Gasteiger partial charge in [-0.1, -0.05) is 23.4 Å². The van der Waals surface area contributed by atoms with Gasteiger partial charge in [-0.2, -0.15) is 4.98 Å². The maximum atomic E-state index is 14.0. The van der Waals surface area contributed by atoms with Crippen LogP contribution in [0, 0.1) is 5.82 Å². The number of aliphatic hydroxyl groups is 1. The van der Waals surface area contributed by atoms with Crippen molar-refractivity contribution >= 4 is 5.91 Å². The van der Waals surface area contributed by atoms with Gasteiger partial charge in [-0.15, -0.1) is 0 Å². The lowest BCUT2D eigenvalue weighted by atomic mass is 10.0. The van der Waals surface area contributed by atoms with Gasteiger partial charge in [-0.3, -0.25) is 4.79 Å². The molecule has 0 bridgehead atoms. The predicted octanol–water partition coefficient (Wildman–Crippen LogP) is 2.93. The average molecular weight is 397 g/mol. The average Bonchev–Trinajstić information content (AvgIpc) is 3.35. The molecule has 0 fully saturated rings. The van der Waals surface area contributed by atoms with Crippen LogP contribution in [-0.4, -0.2) is 28.3 Å². The molecule has 0 aliphatic heterocycles. The van der Waals surface area contributed by atoms with Gasteiger partial charge in [-0.05, 0) is 47.7 Å². The van der Waals surface area contributed by atoms with E-state index in [2.05, 4.69) is 15.5 Å². The fourth-order valence-electron chi connectivity index (χ4n) is 3.54. The van der Waals surface area contributed by atoms with E-state index in [1.54, 1.807) is 7.11 Å². The van der Waals surface area contributed by atoms with Crippen molar-refractivity contribution in [2.45, 2.75) is 32.1 Å². The number of hydrogen-bond donors (Lipinski definition) is 2. The first-order chi connectivity index (χ1) is 14.1. The summed E-state index contributed by atoms with van der Waals surface area (Å²) < 4.78 is 24.2. The molecule has 150 valence electrons. The van der Waals surface area contributed by atoms with Gasteiger partial charge in [0.25, 0.3) is 11.8 Å². The predicted molar refractivity (Wildman–Crippen MR) is 101 cm³/mol. The molecule has 1 aliphatic rings. The van der Waals surface area contributed by atoms with Crippen molar-refractivity contribution in [1.82, 2.24) is 15.5 Å². The van der Waals surface area contributed by atoms with Crippen LogP contribution in [0.15, 0.2) is 40.9 Å². The first-order valence-electron chi connectivity index (χ1n) is 9.24. The molecule has 0 spiro atoms. The summed E-state index contributed by atoms with van der Waals surface area (Å²) in [5, 5.41) is 16.1. The summed E-state index contributed by atoms with van der Waals surface area (Å²) in [4.78, 5) is 16.9. The Morgan fingerprint density at radius 1 is 1.34 bits per heavy atom. The molecule has 1 aliphatic carbocycles. The fourth-order valence-corrected chi connectivity index (χ4v) is 3.54. The SMILES string of the molecule is COCc1nc(-c2ccc3c(c2)CCC3NC(=O)c2cc(CO)ccc2F)no1. The van der Waals surface area contributed by atoms with Crippen LogP contribution in [-0.2, 0) is 24.4 Å². The zero-order valence-corrected chi connectivity index (χ0v) is 15.8. The third kappa shape index (κ3) is 3.90. The molecule has 2 N–H and O–H groups in total. The van der Waals surface area contributed by atoms with Gasteiger partial charge in [0.15, 0.2) is 0 Å². The topological polar surface area (TPSA) is 97.5 Å². The minimum atomic E-state index is -0.614. The molecule has 2 aromatic carbocycles. The van der Waals surface area contributed by atoms with Gasteiger partial charge >= 0.3 is 0 Å². The van der Waals surface area contributed by atoms with E-state index in [0.717, 1.165) is 23.1 Å². The normalized spacial score (nSPS) is 15.3. The molecule has 3 aromatic rings. The van der Waals surface area contributed by atoms with Crippen LogP contribution in [0.4, 0.5) is 4.39 Å².